The lowest BCUT2D eigenvalue weighted by Crippen LogP contribution is -2.60. The predicted octanol–water partition coefficient (Wildman–Crippen LogP) is 3.93. The van der Waals surface area contributed by atoms with Gasteiger partial charge in [0, 0.05) is 23.8 Å². The molecule has 1 unspecified atom stereocenters. The highest BCUT2D eigenvalue weighted by Gasteiger charge is 2.77. The number of hydrogen-bond donors (Lipinski definition) is 2. The Kier molecular flexibility index (Phi) is 11.9. The number of nitrogens with zero attached hydrogens (tertiary/aromatic N) is 2. The number of carbonyl (C=O) groups excluding carboxylic acids is 4. The average molecular weight is 703 g/mol. The van der Waals surface area contributed by atoms with Crippen LogP contribution in [0.15, 0.2) is 55.6 Å². The third-order valence-corrected chi connectivity index (χ3v) is 10.1. The van der Waals surface area contributed by atoms with Gasteiger partial charge in [0.05, 0.1) is 37.1 Å². The monoisotopic (exact) mass is 701 g/mol. The molecule has 3 aliphatic heterocycles. The van der Waals surface area contributed by atoms with Crippen molar-refractivity contribution >= 4 is 39.6 Å². The number of fused-ring (bicyclic) bond motifs is 1. The Balaban J connectivity index is 1.72. The van der Waals surface area contributed by atoms with E-state index in [1.165, 1.54) is 4.90 Å². The second kappa shape index (κ2) is 15.3. The molecule has 2 bridgehead atoms. The lowest BCUT2D eigenvalue weighted by molar-refractivity contribution is -0.161. The fourth-order valence-corrected chi connectivity index (χ4v) is 8.27. The highest BCUT2D eigenvalue weighted by atomic mass is 79.9. The van der Waals surface area contributed by atoms with Crippen molar-refractivity contribution in [1.29, 1.82) is 0 Å². The van der Waals surface area contributed by atoms with E-state index >= 15 is 0 Å². The molecule has 3 amide bonds. The molecule has 0 radical (unpaired) electrons. The fourth-order valence-electron chi connectivity index (χ4n) is 7.32. The Morgan fingerprint density at radius 2 is 1.89 bits per heavy atom. The minimum absolute atomic E-state index is 0.0462. The van der Waals surface area contributed by atoms with E-state index in [-0.39, 0.29) is 54.7 Å². The Bertz CT molecular complexity index is 1290. The molecule has 0 saturated carbocycles. The summed E-state index contributed by atoms with van der Waals surface area (Å²) in [5.41, 5.74) is -0.605. The van der Waals surface area contributed by atoms with Crippen molar-refractivity contribution in [2.24, 2.45) is 17.8 Å². The minimum Gasteiger partial charge on any atom is -0.455 e. The summed E-state index contributed by atoms with van der Waals surface area (Å²) >= 11 is 3.71. The molecule has 1 spiro atoms. The van der Waals surface area contributed by atoms with Crippen molar-refractivity contribution in [1.82, 2.24) is 15.1 Å². The van der Waals surface area contributed by atoms with Gasteiger partial charge in [0.25, 0.3) is 0 Å². The van der Waals surface area contributed by atoms with E-state index in [0.29, 0.717) is 24.8 Å². The predicted molar refractivity (Wildman–Crippen MR) is 178 cm³/mol. The molecule has 0 aliphatic carbocycles. The second-order valence-electron chi connectivity index (χ2n) is 13.2. The molecule has 252 valence electrons. The van der Waals surface area contributed by atoms with Gasteiger partial charge in [0.15, 0.2) is 0 Å². The van der Waals surface area contributed by atoms with Crippen molar-refractivity contribution in [3.05, 3.63) is 61.2 Å². The molecule has 3 heterocycles. The summed E-state index contributed by atoms with van der Waals surface area (Å²) in [6, 6.07) is 7.24. The average Bonchev–Trinajstić information content (AvgIpc) is 3.62. The SMILES string of the molecule is C=CCCC(=O)NC[C@H](OC(=O)[C@@H]1[C@H]2O[C@@]3(CC2Br)[C@H](C(=O)N(CC=C)C(C)C)N([C@@H](CO)CC(C)C)C(=O)[C@@H]13)c1ccccc1. The number of aliphatic hydroxyl groups is 1. The number of carbonyl (C=O) groups is 4. The first-order valence-corrected chi connectivity index (χ1v) is 17.1. The lowest BCUT2D eigenvalue weighted by atomic mass is 9.70. The summed E-state index contributed by atoms with van der Waals surface area (Å²) in [6.45, 7) is 15.2. The van der Waals surface area contributed by atoms with Gasteiger partial charge in [-0.15, -0.1) is 13.2 Å². The van der Waals surface area contributed by atoms with Gasteiger partial charge in [-0.25, -0.2) is 0 Å². The van der Waals surface area contributed by atoms with E-state index in [1.807, 2.05) is 58.0 Å². The molecular weight excluding hydrogens is 654 g/mol. The molecule has 2 N–H and O–H groups in total. The fraction of sp³-hybridized carbons (Fsp3) is 0.600. The van der Waals surface area contributed by atoms with E-state index in [4.69, 9.17) is 9.47 Å². The van der Waals surface area contributed by atoms with Crippen molar-refractivity contribution in [2.75, 3.05) is 19.7 Å². The zero-order valence-electron chi connectivity index (χ0n) is 27.3. The number of halogens is 1. The number of alkyl halides is 1. The van der Waals surface area contributed by atoms with E-state index in [0.717, 1.165) is 0 Å². The number of aliphatic hydroxyl groups excluding tert-OH is 1. The quantitative estimate of drug-likeness (QED) is 0.152. The number of amides is 3. The van der Waals surface area contributed by atoms with Gasteiger partial charge < -0.3 is 29.7 Å². The number of likely N-dealkylation sites (tertiary alicyclic amines) is 1. The highest BCUT2D eigenvalue weighted by Crippen LogP contribution is 2.61. The summed E-state index contributed by atoms with van der Waals surface area (Å²) < 4.78 is 12.8. The first kappa shape index (κ1) is 35.8. The molecular formula is C35H48BrN3O7. The van der Waals surface area contributed by atoms with Crippen LogP contribution in [-0.2, 0) is 28.7 Å². The summed E-state index contributed by atoms with van der Waals surface area (Å²) in [4.78, 5) is 58.6. The third-order valence-electron chi connectivity index (χ3n) is 9.30. The summed E-state index contributed by atoms with van der Waals surface area (Å²) in [5.74, 6) is -3.37. The molecule has 8 atom stereocenters. The molecule has 3 saturated heterocycles. The normalized spacial score (nSPS) is 27.8. The summed E-state index contributed by atoms with van der Waals surface area (Å²) in [6.07, 6.45) is 3.37. The Morgan fingerprint density at radius 3 is 2.48 bits per heavy atom. The van der Waals surface area contributed by atoms with Crippen LogP contribution in [0, 0.1) is 17.8 Å². The zero-order valence-corrected chi connectivity index (χ0v) is 28.9. The molecule has 1 aromatic carbocycles. The number of esters is 1. The van der Waals surface area contributed by atoms with Gasteiger partial charge in [-0.05, 0) is 44.6 Å². The Labute approximate surface area is 280 Å². The van der Waals surface area contributed by atoms with Crippen LogP contribution in [0.2, 0.25) is 0 Å². The highest BCUT2D eigenvalue weighted by molar-refractivity contribution is 9.09. The molecule has 46 heavy (non-hydrogen) atoms. The number of nitrogens with one attached hydrogen (secondary N) is 1. The summed E-state index contributed by atoms with van der Waals surface area (Å²) in [7, 11) is 0. The maximum Gasteiger partial charge on any atom is 0.313 e. The third kappa shape index (κ3) is 6.96. The smallest absolute Gasteiger partial charge is 0.313 e. The maximum absolute atomic E-state index is 14.6. The van der Waals surface area contributed by atoms with Crippen molar-refractivity contribution in [3.8, 4) is 0 Å². The lowest BCUT2D eigenvalue weighted by Gasteiger charge is -2.40. The molecule has 0 aromatic heterocycles. The van der Waals surface area contributed by atoms with Crippen LogP contribution in [0.5, 0.6) is 0 Å². The van der Waals surface area contributed by atoms with Gasteiger partial charge in [-0.2, -0.15) is 0 Å². The number of rotatable bonds is 16. The van der Waals surface area contributed by atoms with Gasteiger partial charge in [0.1, 0.15) is 17.7 Å². The van der Waals surface area contributed by atoms with Gasteiger partial charge in [-0.1, -0.05) is 72.3 Å². The van der Waals surface area contributed by atoms with Crippen molar-refractivity contribution in [2.45, 2.75) is 94.1 Å². The molecule has 11 heteroatoms. The first-order chi connectivity index (χ1) is 21.9. The number of hydrogen-bond acceptors (Lipinski definition) is 7. The maximum atomic E-state index is 14.6. The topological polar surface area (TPSA) is 125 Å². The Hall–Kier alpha value is -3.02. The van der Waals surface area contributed by atoms with Crippen LogP contribution in [0.25, 0.3) is 0 Å². The van der Waals surface area contributed by atoms with Crippen LogP contribution < -0.4 is 5.32 Å². The molecule has 4 rings (SSSR count). The van der Waals surface area contributed by atoms with E-state index in [1.54, 1.807) is 17.1 Å². The van der Waals surface area contributed by atoms with Crippen LogP contribution >= 0.6 is 15.9 Å². The minimum atomic E-state index is -1.30. The van der Waals surface area contributed by atoms with Crippen molar-refractivity contribution in [3.63, 3.8) is 0 Å². The molecule has 1 aromatic rings. The second-order valence-corrected chi connectivity index (χ2v) is 14.4. The van der Waals surface area contributed by atoms with Crippen LogP contribution in [0.4, 0.5) is 0 Å². The van der Waals surface area contributed by atoms with Gasteiger partial charge in [0.2, 0.25) is 17.7 Å². The van der Waals surface area contributed by atoms with Crippen LogP contribution in [0.3, 0.4) is 0 Å². The molecule has 10 nitrogen and oxygen atoms in total. The molecule has 3 fully saturated rings. The number of allylic oxidation sites excluding steroid dienone is 1. The van der Waals surface area contributed by atoms with E-state index < -0.39 is 53.6 Å². The summed E-state index contributed by atoms with van der Waals surface area (Å²) in [5, 5.41) is 13.4. The van der Waals surface area contributed by atoms with Crippen LogP contribution in [-0.4, -0.2) is 93.0 Å². The standard InChI is InChI=1S/C35H48BrN3O7/c1-7-9-15-27(41)37-19-26(23-13-11-10-12-14-23)45-34(44)28-29-32(42)39(24(20-40)17-21(3)4)31(33(43)38(16-8-2)22(5)6)35(29)18-25(36)30(28)46-35/h7-8,10-14,21-22,24-26,28-31,40H,1-2,9,15-20H2,3-6H3,(H,37,41)/t24-,25?,26+,28+,29-,30+,31+,35-/m1/s1. The molecule has 3 aliphatic rings. The van der Waals surface area contributed by atoms with Gasteiger partial charge in [-0.3, -0.25) is 19.2 Å². The van der Waals surface area contributed by atoms with Crippen LogP contribution in [0.1, 0.15) is 65.0 Å². The van der Waals surface area contributed by atoms with Gasteiger partial charge >= 0.3 is 5.97 Å². The zero-order chi connectivity index (χ0) is 33.8. The van der Waals surface area contributed by atoms with Crippen molar-refractivity contribution < 1.29 is 33.8 Å². The van der Waals surface area contributed by atoms with E-state index in [2.05, 4.69) is 34.4 Å². The Morgan fingerprint density at radius 1 is 1.20 bits per heavy atom. The largest absolute Gasteiger partial charge is 0.455 e. The number of benzene rings is 1. The van der Waals surface area contributed by atoms with E-state index in [9.17, 15) is 24.3 Å². The first-order valence-electron chi connectivity index (χ1n) is 16.2. The number of ether oxygens (including phenoxy) is 2.